The first-order valence-electron chi connectivity index (χ1n) is 12.8. The number of hydrogen-bond donors (Lipinski definition) is 4. The molecule has 37 heavy (non-hydrogen) atoms. The van der Waals surface area contributed by atoms with Crippen LogP contribution in [0.25, 0.3) is 0 Å². The van der Waals surface area contributed by atoms with Crippen molar-refractivity contribution in [2.45, 2.75) is 57.0 Å². The van der Waals surface area contributed by atoms with Crippen molar-refractivity contribution in [3.8, 4) is 5.75 Å². The Balaban J connectivity index is 1.96. The molecule has 7 nitrogen and oxygen atoms in total. The number of amides is 2. The Labute approximate surface area is 218 Å². The van der Waals surface area contributed by atoms with Crippen LogP contribution in [0.3, 0.4) is 0 Å². The molecule has 0 radical (unpaired) electrons. The molecule has 0 aliphatic rings. The van der Waals surface area contributed by atoms with Gasteiger partial charge in [0.1, 0.15) is 5.75 Å². The second-order valence-electron chi connectivity index (χ2n) is 9.06. The van der Waals surface area contributed by atoms with Gasteiger partial charge in [0.2, 0.25) is 0 Å². The first-order valence-corrected chi connectivity index (χ1v) is 12.8. The molecule has 3 aromatic rings. The Bertz CT molecular complexity index is 1050. The fourth-order valence-electron chi connectivity index (χ4n) is 4.69. The molecule has 0 heterocycles. The molecule has 7 heteroatoms. The third kappa shape index (κ3) is 7.74. The predicted molar refractivity (Wildman–Crippen MR) is 144 cm³/mol. The van der Waals surface area contributed by atoms with Gasteiger partial charge in [-0.25, -0.2) is 9.59 Å². The monoisotopic (exact) mass is 504 g/mol. The summed E-state index contributed by atoms with van der Waals surface area (Å²) in [6.45, 7) is 2.79. The Kier molecular flexibility index (Phi) is 10.4. The van der Waals surface area contributed by atoms with Gasteiger partial charge < -0.3 is 14.9 Å². The number of carbonyl (C=O) groups is 2. The van der Waals surface area contributed by atoms with Crippen LogP contribution in [0.2, 0.25) is 0 Å². The molecule has 4 N–H and O–H groups in total. The predicted octanol–water partition coefficient (Wildman–Crippen LogP) is 6.95. The summed E-state index contributed by atoms with van der Waals surface area (Å²) in [4.78, 5) is 24.2. The first-order chi connectivity index (χ1) is 18.0. The van der Waals surface area contributed by atoms with Crippen LogP contribution in [0.1, 0.15) is 68.1 Å². The third-order valence-corrected chi connectivity index (χ3v) is 6.38. The second-order valence-corrected chi connectivity index (χ2v) is 9.06. The van der Waals surface area contributed by atoms with E-state index in [1.165, 1.54) is 25.7 Å². The molecule has 196 valence electrons. The quantitative estimate of drug-likeness (QED) is 0.140. The van der Waals surface area contributed by atoms with E-state index in [9.17, 15) is 19.8 Å². The molecule has 2 amide bonds. The third-order valence-electron chi connectivity index (χ3n) is 6.38. The summed E-state index contributed by atoms with van der Waals surface area (Å²) in [6.07, 6.45) is 4.27. The van der Waals surface area contributed by atoms with E-state index in [1.54, 1.807) is 24.3 Å². The van der Waals surface area contributed by atoms with Crippen molar-refractivity contribution in [1.82, 2.24) is 10.6 Å². The largest absolute Gasteiger partial charge is 0.494 e. The van der Waals surface area contributed by atoms with Gasteiger partial charge in [-0.2, -0.15) is 0 Å². The van der Waals surface area contributed by atoms with Gasteiger partial charge in [0, 0.05) is 0 Å². The highest BCUT2D eigenvalue weighted by atomic mass is 16.5. The van der Waals surface area contributed by atoms with Crippen LogP contribution in [-0.2, 0) is 5.66 Å². The van der Waals surface area contributed by atoms with Gasteiger partial charge in [-0.05, 0) is 35.2 Å². The first kappa shape index (κ1) is 27.6. The fraction of sp³-hybridized carbons (Fsp3) is 0.333. The van der Waals surface area contributed by atoms with E-state index >= 15 is 0 Å². The Morgan fingerprint density at radius 2 is 1.22 bits per heavy atom. The van der Waals surface area contributed by atoms with Crippen LogP contribution >= 0.6 is 0 Å². The topological polar surface area (TPSA) is 108 Å². The molecule has 0 saturated heterocycles. The van der Waals surface area contributed by atoms with Gasteiger partial charge in [0.05, 0.1) is 12.5 Å². The molecular formula is C30H36N2O5. The molecule has 3 rings (SSSR count). The van der Waals surface area contributed by atoms with Crippen LogP contribution in [-0.4, -0.2) is 29.0 Å². The highest BCUT2D eigenvalue weighted by Gasteiger charge is 2.45. The minimum atomic E-state index is -1.71. The van der Waals surface area contributed by atoms with Gasteiger partial charge >= 0.3 is 12.2 Å². The van der Waals surface area contributed by atoms with E-state index in [0.717, 1.165) is 24.0 Å². The minimum absolute atomic E-state index is 0.446. The van der Waals surface area contributed by atoms with Crippen LogP contribution in [0.15, 0.2) is 84.9 Å². The molecule has 0 bridgehead atoms. The lowest BCUT2D eigenvalue weighted by Crippen LogP contribution is -2.61. The molecule has 0 unspecified atom stereocenters. The number of unbranched alkanes of at least 4 members (excludes halogenated alkanes) is 5. The molecule has 0 fully saturated rings. The molecule has 0 saturated carbocycles. The van der Waals surface area contributed by atoms with E-state index in [0.29, 0.717) is 17.9 Å². The van der Waals surface area contributed by atoms with Crippen molar-refractivity contribution in [2.24, 2.45) is 0 Å². The lowest BCUT2D eigenvalue weighted by Gasteiger charge is -2.41. The maximum absolute atomic E-state index is 12.1. The van der Waals surface area contributed by atoms with Crippen molar-refractivity contribution in [1.29, 1.82) is 0 Å². The lowest BCUT2D eigenvalue weighted by atomic mass is 9.76. The summed E-state index contributed by atoms with van der Waals surface area (Å²) in [5.74, 6) is -0.0511. The fourth-order valence-corrected chi connectivity index (χ4v) is 4.69. The average Bonchev–Trinajstić information content (AvgIpc) is 2.89. The number of benzene rings is 3. The summed E-state index contributed by atoms with van der Waals surface area (Å²) in [7, 11) is 0. The Morgan fingerprint density at radius 3 is 1.70 bits per heavy atom. The number of hydrogen-bond acceptors (Lipinski definition) is 3. The zero-order valence-electron chi connectivity index (χ0n) is 21.2. The summed E-state index contributed by atoms with van der Waals surface area (Å²) >= 11 is 0. The van der Waals surface area contributed by atoms with E-state index < -0.39 is 23.8 Å². The summed E-state index contributed by atoms with van der Waals surface area (Å²) in [5.41, 5.74) is 0.235. The minimum Gasteiger partial charge on any atom is -0.494 e. The maximum atomic E-state index is 12.1. The molecule has 0 aliphatic heterocycles. The molecule has 0 aliphatic carbocycles. The standard InChI is InChI=1S/C30H36N2O5/c1-2-3-4-5-6-13-22-37-26-20-18-25(19-21-26)30(31-28(33)34,32-29(35)36)27(23-14-9-7-10-15-23)24-16-11-8-12-17-24/h7-12,14-21,27,31-32H,2-6,13,22H2,1H3,(H,33,34)(H,35,36). The Hall–Kier alpha value is -4.00. The summed E-state index contributed by atoms with van der Waals surface area (Å²) < 4.78 is 5.90. The number of rotatable bonds is 14. The van der Waals surface area contributed by atoms with Crippen LogP contribution < -0.4 is 15.4 Å². The van der Waals surface area contributed by atoms with E-state index in [4.69, 9.17) is 4.74 Å². The zero-order chi connectivity index (χ0) is 26.5. The molecular weight excluding hydrogens is 468 g/mol. The summed E-state index contributed by atoms with van der Waals surface area (Å²) in [5, 5.41) is 24.8. The van der Waals surface area contributed by atoms with Crippen molar-refractivity contribution in [3.63, 3.8) is 0 Å². The molecule has 0 atom stereocenters. The summed E-state index contributed by atoms with van der Waals surface area (Å²) in [6, 6.07) is 25.5. The van der Waals surface area contributed by atoms with Gasteiger partial charge in [-0.15, -0.1) is 0 Å². The van der Waals surface area contributed by atoms with Crippen molar-refractivity contribution < 1.29 is 24.5 Å². The lowest BCUT2D eigenvalue weighted by molar-refractivity contribution is 0.143. The van der Waals surface area contributed by atoms with Gasteiger partial charge in [-0.1, -0.05) is 112 Å². The highest BCUT2D eigenvalue weighted by Crippen LogP contribution is 2.41. The maximum Gasteiger partial charge on any atom is 0.406 e. The smallest absolute Gasteiger partial charge is 0.406 e. The van der Waals surface area contributed by atoms with Crippen molar-refractivity contribution in [3.05, 3.63) is 102 Å². The zero-order valence-corrected chi connectivity index (χ0v) is 21.2. The molecule has 0 spiro atoms. The van der Waals surface area contributed by atoms with Crippen LogP contribution in [0.4, 0.5) is 9.59 Å². The van der Waals surface area contributed by atoms with E-state index in [1.807, 2.05) is 60.7 Å². The molecule has 0 aromatic heterocycles. The highest BCUT2D eigenvalue weighted by molar-refractivity contribution is 5.72. The normalized spacial score (nSPS) is 11.2. The van der Waals surface area contributed by atoms with Crippen molar-refractivity contribution in [2.75, 3.05) is 6.61 Å². The second kappa shape index (κ2) is 13.9. The average molecular weight is 505 g/mol. The van der Waals surface area contributed by atoms with E-state index in [-0.39, 0.29) is 0 Å². The van der Waals surface area contributed by atoms with Crippen LogP contribution in [0, 0.1) is 0 Å². The number of carboxylic acid groups (broad SMARTS) is 2. The Morgan fingerprint density at radius 1 is 0.730 bits per heavy atom. The SMILES string of the molecule is CCCCCCCCOc1ccc(C(NC(=O)O)(NC(=O)O)C(c2ccccc2)c2ccccc2)cc1. The molecule has 3 aromatic carbocycles. The van der Waals surface area contributed by atoms with Gasteiger partial charge in [0.15, 0.2) is 5.66 Å². The van der Waals surface area contributed by atoms with Crippen LogP contribution in [0.5, 0.6) is 5.75 Å². The number of nitrogens with one attached hydrogen (secondary N) is 2. The van der Waals surface area contributed by atoms with E-state index in [2.05, 4.69) is 17.6 Å². The number of ether oxygens (including phenoxy) is 1. The van der Waals surface area contributed by atoms with Gasteiger partial charge in [-0.3, -0.25) is 10.6 Å². The van der Waals surface area contributed by atoms with Gasteiger partial charge in [0.25, 0.3) is 0 Å². The van der Waals surface area contributed by atoms with Crippen molar-refractivity contribution >= 4 is 12.2 Å².